The molecule has 0 fully saturated rings. The molecule has 1 aromatic heterocycles. The Morgan fingerprint density at radius 1 is 1.46 bits per heavy atom. The van der Waals surface area contributed by atoms with E-state index in [-0.39, 0.29) is 0 Å². The zero-order valence-corrected chi connectivity index (χ0v) is 9.13. The molecule has 4 nitrogen and oxygen atoms in total. The average Bonchev–Trinajstić information content (AvgIpc) is 2.54. The molecule has 6 heteroatoms. The van der Waals surface area contributed by atoms with Crippen LogP contribution in [0.5, 0.6) is 0 Å². The first-order valence-electron chi connectivity index (χ1n) is 3.76. The van der Waals surface area contributed by atoms with E-state index in [0.717, 1.165) is 4.88 Å². The number of thiophene rings is 1. The summed E-state index contributed by atoms with van der Waals surface area (Å²) in [5.41, 5.74) is 0. The minimum atomic E-state index is -3.29. The quantitative estimate of drug-likeness (QED) is 0.771. The van der Waals surface area contributed by atoms with Gasteiger partial charge in [0.05, 0.1) is 4.90 Å². The van der Waals surface area contributed by atoms with Gasteiger partial charge in [-0.15, -0.1) is 11.3 Å². The summed E-state index contributed by atoms with van der Waals surface area (Å²) in [4.78, 5) is 1.20. The molecule has 13 heavy (non-hydrogen) atoms. The van der Waals surface area contributed by atoms with Gasteiger partial charge in [0, 0.05) is 11.4 Å². The van der Waals surface area contributed by atoms with Crippen LogP contribution >= 0.6 is 11.3 Å². The Morgan fingerprint density at radius 2 is 2.15 bits per heavy atom. The van der Waals surface area contributed by atoms with Gasteiger partial charge in [-0.05, 0) is 25.5 Å². The Bertz CT molecular complexity index is 370. The van der Waals surface area contributed by atoms with Gasteiger partial charge in [0.1, 0.15) is 0 Å². The molecule has 0 unspecified atom stereocenters. The van der Waals surface area contributed by atoms with E-state index >= 15 is 0 Å². The lowest BCUT2D eigenvalue weighted by Crippen LogP contribution is -2.20. The van der Waals surface area contributed by atoms with Crippen LogP contribution in [0.25, 0.3) is 0 Å². The van der Waals surface area contributed by atoms with Crippen LogP contribution in [-0.2, 0) is 16.6 Å². The lowest BCUT2D eigenvalue weighted by Gasteiger charge is -2.02. The van der Waals surface area contributed by atoms with Crippen LogP contribution in [0, 0.1) is 0 Å². The zero-order chi connectivity index (χ0) is 9.90. The lowest BCUT2D eigenvalue weighted by atomic mass is 10.5. The Balaban J connectivity index is 3.07. The van der Waals surface area contributed by atoms with E-state index in [1.165, 1.54) is 18.4 Å². The molecule has 0 amide bonds. The first-order chi connectivity index (χ1) is 6.11. The van der Waals surface area contributed by atoms with Gasteiger partial charge in [-0.3, -0.25) is 0 Å². The largest absolute Gasteiger partial charge is 0.315 e. The van der Waals surface area contributed by atoms with Gasteiger partial charge in [-0.1, -0.05) is 0 Å². The SMILES string of the molecule is CNCc1sccc1S(=O)(=O)NC. The van der Waals surface area contributed by atoms with E-state index < -0.39 is 10.0 Å². The Kier molecular flexibility index (Phi) is 3.43. The van der Waals surface area contributed by atoms with Crippen LogP contribution in [0.1, 0.15) is 4.88 Å². The smallest absolute Gasteiger partial charge is 0.241 e. The van der Waals surface area contributed by atoms with Crippen LogP contribution < -0.4 is 10.0 Å². The van der Waals surface area contributed by atoms with Crippen molar-refractivity contribution in [2.45, 2.75) is 11.4 Å². The van der Waals surface area contributed by atoms with Crippen molar-refractivity contribution in [2.75, 3.05) is 14.1 Å². The third kappa shape index (κ3) is 2.28. The molecule has 1 heterocycles. The fourth-order valence-corrected chi connectivity index (χ4v) is 3.15. The standard InChI is InChI=1S/C7H12N2O2S2/c1-8-5-6-7(3-4-12-6)13(10,11)9-2/h3-4,8-9H,5H2,1-2H3. The molecule has 0 saturated carbocycles. The lowest BCUT2D eigenvalue weighted by molar-refractivity contribution is 0.587. The number of nitrogens with one attached hydrogen (secondary N) is 2. The zero-order valence-electron chi connectivity index (χ0n) is 7.49. The summed E-state index contributed by atoms with van der Waals surface area (Å²) in [6.45, 7) is 0.577. The third-order valence-electron chi connectivity index (χ3n) is 1.60. The van der Waals surface area contributed by atoms with Crippen molar-refractivity contribution in [2.24, 2.45) is 0 Å². The minimum Gasteiger partial charge on any atom is -0.315 e. The molecule has 0 bridgehead atoms. The second-order valence-electron chi connectivity index (χ2n) is 2.45. The molecule has 0 spiro atoms. The molecular formula is C7H12N2O2S2. The van der Waals surface area contributed by atoms with Crippen molar-refractivity contribution in [1.82, 2.24) is 10.0 Å². The highest BCUT2D eigenvalue weighted by Gasteiger charge is 2.16. The van der Waals surface area contributed by atoms with Gasteiger partial charge < -0.3 is 5.32 Å². The maximum atomic E-state index is 11.4. The normalized spacial score (nSPS) is 11.8. The molecule has 1 aromatic rings. The summed E-state index contributed by atoms with van der Waals surface area (Å²) in [5.74, 6) is 0. The molecule has 2 N–H and O–H groups in total. The van der Waals surface area contributed by atoms with Crippen LogP contribution in [0.2, 0.25) is 0 Å². The molecular weight excluding hydrogens is 208 g/mol. The van der Waals surface area contributed by atoms with Crippen molar-refractivity contribution < 1.29 is 8.42 Å². The maximum absolute atomic E-state index is 11.4. The van der Waals surface area contributed by atoms with Gasteiger partial charge in [0.25, 0.3) is 0 Å². The van der Waals surface area contributed by atoms with Crippen LogP contribution in [0.15, 0.2) is 16.3 Å². The summed E-state index contributed by atoms with van der Waals surface area (Å²) in [6, 6.07) is 1.61. The van der Waals surface area contributed by atoms with E-state index in [4.69, 9.17) is 0 Å². The van der Waals surface area contributed by atoms with Gasteiger partial charge in [0.15, 0.2) is 0 Å². The highest BCUT2D eigenvalue weighted by Crippen LogP contribution is 2.20. The summed E-state index contributed by atoms with van der Waals surface area (Å²) in [7, 11) is -0.0872. The average molecular weight is 220 g/mol. The van der Waals surface area contributed by atoms with Crippen LogP contribution in [-0.4, -0.2) is 22.5 Å². The summed E-state index contributed by atoms with van der Waals surface area (Å²) >= 11 is 1.43. The molecule has 74 valence electrons. The van der Waals surface area contributed by atoms with Crippen LogP contribution in [0.3, 0.4) is 0 Å². The number of rotatable bonds is 4. The topological polar surface area (TPSA) is 58.2 Å². The van der Waals surface area contributed by atoms with Gasteiger partial charge in [-0.2, -0.15) is 0 Å². The van der Waals surface area contributed by atoms with Crippen molar-refractivity contribution in [3.63, 3.8) is 0 Å². The summed E-state index contributed by atoms with van der Waals surface area (Å²) in [6.07, 6.45) is 0. The van der Waals surface area contributed by atoms with Crippen LogP contribution in [0.4, 0.5) is 0 Å². The molecule has 0 saturated heterocycles. The molecule has 0 aromatic carbocycles. The van der Waals surface area contributed by atoms with E-state index in [9.17, 15) is 8.42 Å². The molecule has 0 aliphatic heterocycles. The number of hydrogen-bond donors (Lipinski definition) is 2. The van der Waals surface area contributed by atoms with Crippen molar-refractivity contribution in [3.8, 4) is 0 Å². The van der Waals surface area contributed by atoms with E-state index in [1.807, 2.05) is 0 Å². The Morgan fingerprint density at radius 3 is 2.69 bits per heavy atom. The highest BCUT2D eigenvalue weighted by atomic mass is 32.2. The van der Waals surface area contributed by atoms with E-state index in [1.54, 1.807) is 18.5 Å². The van der Waals surface area contributed by atoms with E-state index in [0.29, 0.717) is 11.4 Å². The predicted octanol–water partition coefficient (Wildman–Crippen LogP) is 0.376. The molecule has 0 aliphatic carbocycles. The highest BCUT2D eigenvalue weighted by molar-refractivity contribution is 7.89. The summed E-state index contributed by atoms with van der Waals surface area (Å²) < 4.78 is 25.1. The molecule has 0 atom stereocenters. The molecule has 1 rings (SSSR count). The van der Waals surface area contributed by atoms with Gasteiger partial charge >= 0.3 is 0 Å². The first kappa shape index (κ1) is 10.6. The Labute approximate surface area is 82.0 Å². The fraction of sp³-hybridized carbons (Fsp3) is 0.429. The molecule has 0 radical (unpaired) electrons. The Hall–Kier alpha value is -0.430. The number of hydrogen-bond acceptors (Lipinski definition) is 4. The molecule has 0 aliphatic rings. The fourth-order valence-electron chi connectivity index (χ4n) is 0.968. The second kappa shape index (κ2) is 4.19. The number of sulfonamides is 1. The third-order valence-corrected chi connectivity index (χ3v) is 4.15. The first-order valence-corrected chi connectivity index (χ1v) is 6.12. The van der Waals surface area contributed by atoms with Gasteiger partial charge in [0.2, 0.25) is 10.0 Å². The monoisotopic (exact) mass is 220 g/mol. The summed E-state index contributed by atoms with van der Waals surface area (Å²) in [5, 5.41) is 4.70. The van der Waals surface area contributed by atoms with Crippen molar-refractivity contribution in [1.29, 1.82) is 0 Å². The van der Waals surface area contributed by atoms with Crippen molar-refractivity contribution >= 4 is 21.4 Å². The maximum Gasteiger partial charge on any atom is 0.241 e. The predicted molar refractivity (Wildman–Crippen MR) is 53.3 cm³/mol. The van der Waals surface area contributed by atoms with Gasteiger partial charge in [-0.25, -0.2) is 13.1 Å². The van der Waals surface area contributed by atoms with Crippen molar-refractivity contribution in [3.05, 3.63) is 16.3 Å². The second-order valence-corrected chi connectivity index (χ2v) is 5.30. The minimum absolute atomic E-state index is 0.370. The van der Waals surface area contributed by atoms with E-state index in [2.05, 4.69) is 10.0 Å².